The van der Waals surface area contributed by atoms with Crippen LogP contribution in [-0.2, 0) is 0 Å². The van der Waals surface area contributed by atoms with Gasteiger partial charge in [-0.15, -0.1) is 0 Å². The first-order chi connectivity index (χ1) is 5.66. The minimum atomic E-state index is -0.469. The number of alkyl halides is 1. The topological polar surface area (TPSA) is 20.2 Å². The number of rotatable bonds is 2. The molecule has 0 aliphatic rings. The van der Waals surface area contributed by atoms with E-state index in [4.69, 9.17) is 11.6 Å². The van der Waals surface area contributed by atoms with Gasteiger partial charge in [0.2, 0.25) is 0 Å². The Kier molecular flexibility index (Phi) is 2.93. The second-order valence-electron chi connectivity index (χ2n) is 2.74. The molecule has 12 heavy (non-hydrogen) atoms. The SMILES string of the molecule is CC(CF)c1cccc(O)c1Cl. The van der Waals surface area contributed by atoms with E-state index in [9.17, 15) is 9.50 Å². The van der Waals surface area contributed by atoms with E-state index in [0.29, 0.717) is 5.56 Å². The van der Waals surface area contributed by atoms with Crippen molar-refractivity contribution in [1.82, 2.24) is 0 Å². The van der Waals surface area contributed by atoms with Gasteiger partial charge in [0.1, 0.15) is 5.75 Å². The summed E-state index contributed by atoms with van der Waals surface area (Å²) in [6, 6.07) is 4.85. The van der Waals surface area contributed by atoms with Crippen LogP contribution in [0.4, 0.5) is 4.39 Å². The zero-order valence-electron chi connectivity index (χ0n) is 6.72. The van der Waals surface area contributed by atoms with Crippen LogP contribution >= 0.6 is 11.6 Å². The Morgan fingerprint density at radius 3 is 2.83 bits per heavy atom. The Bertz CT molecular complexity index is 275. The molecule has 0 fully saturated rings. The molecule has 1 unspecified atom stereocenters. The van der Waals surface area contributed by atoms with Gasteiger partial charge in [0.05, 0.1) is 11.7 Å². The van der Waals surface area contributed by atoms with Crippen LogP contribution in [0.2, 0.25) is 5.02 Å². The van der Waals surface area contributed by atoms with Crippen molar-refractivity contribution in [2.75, 3.05) is 6.67 Å². The minimum Gasteiger partial charge on any atom is -0.506 e. The third-order valence-corrected chi connectivity index (χ3v) is 2.18. The predicted molar refractivity (Wildman–Crippen MR) is 47.5 cm³/mol. The number of phenolic OH excluding ortho intramolecular Hbond substituents is 1. The van der Waals surface area contributed by atoms with Crippen molar-refractivity contribution in [3.8, 4) is 5.75 Å². The van der Waals surface area contributed by atoms with Crippen molar-refractivity contribution in [2.24, 2.45) is 0 Å². The molecule has 0 amide bonds. The molecule has 1 N–H and O–H groups in total. The summed E-state index contributed by atoms with van der Waals surface area (Å²) < 4.78 is 12.2. The highest BCUT2D eigenvalue weighted by atomic mass is 35.5. The molecule has 1 rings (SSSR count). The van der Waals surface area contributed by atoms with E-state index >= 15 is 0 Å². The summed E-state index contributed by atoms with van der Waals surface area (Å²) in [5.74, 6) is -0.251. The molecule has 1 aromatic carbocycles. The fourth-order valence-corrected chi connectivity index (χ4v) is 1.31. The summed E-state index contributed by atoms with van der Waals surface area (Å²) in [4.78, 5) is 0. The molecular weight excluding hydrogens is 179 g/mol. The summed E-state index contributed by atoms with van der Waals surface area (Å²) in [5, 5.41) is 9.44. The first kappa shape index (κ1) is 9.33. The molecule has 0 heterocycles. The molecule has 0 spiro atoms. The van der Waals surface area contributed by atoms with Crippen LogP contribution in [0, 0.1) is 0 Å². The van der Waals surface area contributed by atoms with E-state index < -0.39 is 6.67 Å². The van der Waals surface area contributed by atoms with E-state index in [0.717, 1.165) is 0 Å². The highest BCUT2D eigenvalue weighted by Gasteiger charge is 2.11. The summed E-state index contributed by atoms with van der Waals surface area (Å²) >= 11 is 5.75. The van der Waals surface area contributed by atoms with Crippen molar-refractivity contribution in [2.45, 2.75) is 12.8 Å². The Labute approximate surface area is 75.8 Å². The van der Waals surface area contributed by atoms with Gasteiger partial charge in [-0.1, -0.05) is 30.7 Å². The fraction of sp³-hybridized carbons (Fsp3) is 0.333. The van der Waals surface area contributed by atoms with Crippen LogP contribution in [-0.4, -0.2) is 11.8 Å². The Balaban J connectivity index is 3.07. The molecule has 1 nitrogen and oxygen atoms in total. The van der Waals surface area contributed by atoms with Gasteiger partial charge in [0.15, 0.2) is 0 Å². The largest absolute Gasteiger partial charge is 0.506 e. The molecule has 0 aliphatic carbocycles. The number of hydrogen-bond donors (Lipinski definition) is 1. The monoisotopic (exact) mass is 188 g/mol. The highest BCUT2D eigenvalue weighted by Crippen LogP contribution is 2.31. The van der Waals surface area contributed by atoms with E-state index in [2.05, 4.69) is 0 Å². The standard InChI is InChI=1S/C9H10ClFO/c1-6(5-11)7-3-2-4-8(12)9(7)10/h2-4,6,12H,5H2,1H3. The van der Waals surface area contributed by atoms with Gasteiger partial charge in [-0.3, -0.25) is 4.39 Å². The van der Waals surface area contributed by atoms with Crippen molar-refractivity contribution < 1.29 is 9.50 Å². The number of aromatic hydroxyl groups is 1. The number of phenols is 1. The molecule has 0 saturated heterocycles. The van der Waals surface area contributed by atoms with Gasteiger partial charge in [0.25, 0.3) is 0 Å². The summed E-state index contributed by atoms with van der Waals surface area (Å²) in [7, 11) is 0. The normalized spacial score (nSPS) is 12.9. The number of halogens is 2. The molecule has 0 bridgehead atoms. The average molecular weight is 189 g/mol. The van der Waals surface area contributed by atoms with Crippen molar-refractivity contribution >= 4 is 11.6 Å². The van der Waals surface area contributed by atoms with Crippen LogP contribution in [0.5, 0.6) is 5.75 Å². The van der Waals surface area contributed by atoms with Crippen molar-refractivity contribution in [1.29, 1.82) is 0 Å². The molecule has 0 radical (unpaired) electrons. The second-order valence-corrected chi connectivity index (χ2v) is 3.11. The van der Waals surface area contributed by atoms with Gasteiger partial charge in [-0.25, -0.2) is 0 Å². The molecule has 0 saturated carbocycles. The molecule has 66 valence electrons. The maximum absolute atomic E-state index is 12.2. The molecule has 0 aliphatic heterocycles. The Morgan fingerprint density at radius 2 is 2.25 bits per heavy atom. The van der Waals surface area contributed by atoms with Gasteiger partial charge in [0, 0.05) is 5.92 Å². The lowest BCUT2D eigenvalue weighted by molar-refractivity contribution is 0.443. The summed E-state index contributed by atoms with van der Waals surface area (Å²) in [5.41, 5.74) is 0.652. The minimum absolute atomic E-state index is 0.00877. The predicted octanol–water partition coefficient (Wildman–Crippen LogP) is 3.12. The zero-order valence-corrected chi connectivity index (χ0v) is 7.48. The maximum Gasteiger partial charge on any atom is 0.134 e. The summed E-state index contributed by atoms with van der Waals surface area (Å²) in [6.45, 7) is 1.25. The van der Waals surface area contributed by atoms with Crippen LogP contribution in [0.1, 0.15) is 18.4 Å². The lowest BCUT2D eigenvalue weighted by Crippen LogP contribution is -1.95. The molecule has 0 aromatic heterocycles. The van der Waals surface area contributed by atoms with Gasteiger partial charge in [-0.2, -0.15) is 0 Å². The quantitative estimate of drug-likeness (QED) is 0.756. The maximum atomic E-state index is 12.2. The molecule has 3 heteroatoms. The van der Waals surface area contributed by atoms with Crippen LogP contribution < -0.4 is 0 Å². The van der Waals surface area contributed by atoms with Crippen LogP contribution in [0.25, 0.3) is 0 Å². The third-order valence-electron chi connectivity index (χ3n) is 1.77. The first-order valence-corrected chi connectivity index (χ1v) is 4.08. The van der Waals surface area contributed by atoms with Crippen LogP contribution in [0.3, 0.4) is 0 Å². The first-order valence-electron chi connectivity index (χ1n) is 3.70. The van der Waals surface area contributed by atoms with E-state index in [1.54, 1.807) is 19.1 Å². The fourth-order valence-electron chi connectivity index (χ4n) is 1.00. The third kappa shape index (κ3) is 1.69. The molecule has 1 atom stereocenters. The zero-order chi connectivity index (χ0) is 9.14. The van der Waals surface area contributed by atoms with Crippen molar-refractivity contribution in [3.63, 3.8) is 0 Å². The van der Waals surface area contributed by atoms with Crippen LogP contribution in [0.15, 0.2) is 18.2 Å². The van der Waals surface area contributed by atoms with E-state index in [1.165, 1.54) is 6.07 Å². The molecular formula is C9H10ClFO. The average Bonchev–Trinajstić information content (AvgIpc) is 2.08. The van der Waals surface area contributed by atoms with E-state index in [-0.39, 0.29) is 16.7 Å². The highest BCUT2D eigenvalue weighted by molar-refractivity contribution is 6.32. The Hall–Kier alpha value is -0.760. The second kappa shape index (κ2) is 3.76. The smallest absolute Gasteiger partial charge is 0.134 e. The van der Waals surface area contributed by atoms with E-state index in [1.807, 2.05) is 0 Å². The number of hydrogen-bond acceptors (Lipinski definition) is 1. The molecule has 1 aromatic rings. The van der Waals surface area contributed by atoms with Crippen molar-refractivity contribution in [3.05, 3.63) is 28.8 Å². The summed E-state index contributed by atoms with van der Waals surface area (Å²) in [6.07, 6.45) is 0. The van der Waals surface area contributed by atoms with Gasteiger partial charge < -0.3 is 5.11 Å². The Morgan fingerprint density at radius 1 is 1.58 bits per heavy atom. The van der Waals surface area contributed by atoms with Gasteiger partial charge >= 0.3 is 0 Å². The number of benzene rings is 1. The van der Waals surface area contributed by atoms with Gasteiger partial charge in [-0.05, 0) is 11.6 Å². The lowest BCUT2D eigenvalue weighted by atomic mass is 10.0. The lowest BCUT2D eigenvalue weighted by Gasteiger charge is -2.09.